The first-order valence-electron chi connectivity index (χ1n) is 14.0. The molecule has 45 heavy (non-hydrogen) atoms. The van der Waals surface area contributed by atoms with E-state index in [-0.39, 0.29) is 40.6 Å². The molecule has 0 bridgehead atoms. The number of ether oxygens (including phenoxy) is 2. The van der Waals surface area contributed by atoms with Crippen LogP contribution in [-0.2, 0) is 21.2 Å². The number of hydrogen-bond acceptors (Lipinski definition) is 7. The number of esters is 1. The number of halogens is 1. The van der Waals surface area contributed by atoms with Gasteiger partial charge < -0.3 is 9.47 Å². The number of carbonyl (C=O) groups is 3. The molecule has 0 saturated carbocycles. The summed E-state index contributed by atoms with van der Waals surface area (Å²) >= 11 is 0. The summed E-state index contributed by atoms with van der Waals surface area (Å²) in [6.07, 6.45) is 3.55. The summed E-state index contributed by atoms with van der Waals surface area (Å²) in [5.74, 6) is -2.37. The van der Waals surface area contributed by atoms with Crippen LogP contribution in [0.15, 0.2) is 89.8 Å². The number of nitrogens with one attached hydrogen (secondary N) is 1. The van der Waals surface area contributed by atoms with Crippen LogP contribution in [0.25, 0.3) is 12.2 Å². The highest BCUT2D eigenvalue weighted by atomic mass is 32.2. The lowest BCUT2D eigenvalue weighted by Gasteiger charge is -2.20. The summed E-state index contributed by atoms with van der Waals surface area (Å²) < 4.78 is 55.0. The normalized spacial score (nSPS) is 12.8. The maximum Gasteiger partial charge on any atom is 0.343 e. The molecule has 0 spiro atoms. The number of amides is 2. The third-order valence-corrected chi connectivity index (χ3v) is 8.65. The fourth-order valence-electron chi connectivity index (χ4n) is 4.98. The van der Waals surface area contributed by atoms with E-state index < -0.39 is 33.6 Å². The van der Waals surface area contributed by atoms with E-state index in [0.29, 0.717) is 23.1 Å². The van der Waals surface area contributed by atoms with E-state index in [1.165, 1.54) is 12.1 Å². The van der Waals surface area contributed by atoms with Crippen molar-refractivity contribution in [1.29, 1.82) is 0 Å². The van der Waals surface area contributed by atoms with Gasteiger partial charge >= 0.3 is 5.97 Å². The van der Waals surface area contributed by atoms with Crippen molar-refractivity contribution >= 4 is 45.6 Å². The van der Waals surface area contributed by atoms with Crippen LogP contribution >= 0.6 is 0 Å². The summed E-state index contributed by atoms with van der Waals surface area (Å²) in [5.41, 5.74) is 1.71. The lowest BCUT2D eigenvalue weighted by atomic mass is 10.0. The zero-order chi connectivity index (χ0) is 32.1. The van der Waals surface area contributed by atoms with Crippen molar-refractivity contribution in [3.63, 3.8) is 0 Å². The molecule has 0 unspecified atom stereocenters. The summed E-state index contributed by atoms with van der Waals surface area (Å²) in [6.45, 7) is 1.53. The van der Waals surface area contributed by atoms with Crippen molar-refractivity contribution in [3.05, 3.63) is 124 Å². The van der Waals surface area contributed by atoms with Crippen LogP contribution in [0.3, 0.4) is 0 Å². The smallest absolute Gasteiger partial charge is 0.343 e. The second kappa shape index (κ2) is 13.1. The first-order valence-corrected chi connectivity index (χ1v) is 15.5. The van der Waals surface area contributed by atoms with Gasteiger partial charge in [0.15, 0.2) is 0 Å². The molecule has 9 nitrogen and oxygen atoms in total. The van der Waals surface area contributed by atoms with Gasteiger partial charge in [-0.2, -0.15) is 0 Å². The predicted octanol–water partition coefficient (Wildman–Crippen LogP) is 5.82. The number of imide groups is 1. The molecular weight excluding hydrogens is 599 g/mol. The summed E-state index contributed by atoms with van der Waals surface area (Å²) in [6, 6.07) is 21.9. The first-order chi connectivity index (χ1) is 21.6. The van der Waals surface area contributed by atoms with Gasteiger partial charge in [-0.1, -0.05) is 67.6 Å². The Kier molecular flexibility index (Phi) is 9.10. The molecule has 4 aromatic carbocycles. The topological polar surface area (TPSA) is 119 Å². The summed E-state index contributed by atoms with van der Waals surface area (Å²) in [4.78, 5) is 39.5. The van der Waals surface area contributed by atoms with Crippen LogP contribution in [0.5, 0.6) is 5.75 Å². The lowest BCUT2D eigenvalue weighted by Crippen LogP contribution is -2.33. The molecule has 1 N–H and O–H groups in total. The third-order valence-electron chi connectivity index (χ3n) is 7.21. The minimum atomic E-state index is -4.37. The van der Waals surface area contributed by atoms with Crippen molar-refractivity contribution in [3.8, 4) is 5.75 Å². The minimum absolute atomic E-state index is 0.0458. The van der Waals surface area contributed by atoms with E-state index in [9.17, 15) is 27.2 Å². The van der Waals surface area contributed by atoms with Gasteiger partial charge in [-0.25, -0.2) is 17.6 Å². The zero-order valence-corrected chi connectivity index (χ0v) is 25.3. The molecule has 0 aromatic heterocycles. The Hall–Kier alpha value is -5.29. The maximum absolute atomic E-state index is 14.2. The van der Waals surface area contributed by atoms with Gasteiger partial charge in [0.1, 0.15) is 23.7 Å². The third kappa shape index (κ3) is 6.48. The van der Waals surface area contributed by atoms with E-state index in [2.05, 4.69) is 4.72 Å². The van der Waals surface area contributed by atoms with Gasteiger partial charge in [-0.15, -0.1) is 0 Å². The van der Waals surface area contributed by atoms with Gasteiger partial charge in [0, 0.05) is 0 Å². The molecule has 0 atom stereocenters. The standard InChI is InChI=1S/C34H29FN2O7S/c1-3-23-15-17-28(36-45(41,42)29-18-16-25(35)21-24(29)14-13-22-9-5-4-6-10-22)30(34(40)43-2)31(23)44-20-19-37-32(38)26-11-7-8-12-27(26)33(37)39/h4-18,21,36H,3,19-20H2,1-2H3. The zero-order valence-electron chi connectivity index (χ0n) is 24.5. The van der Waals surface area contributed by atoms with Gasteiger partial charge in [0.2, 0.25) is 0 Å². The number of methoxy groups -OCH3 is 1. The molecule has 0 saturated heterocycles. The highest BCUT2D eigenvalue weighted by Crippen LogP contribution is 2.34. The van der Waals surface area contributed by atoms with E-state index in [4.69, 9.17) is 9.47 Å². The van der Waals surface area contributed by atoms with Gasteiger partial charge in [-0.3, -0.25) is 19.2 Å². The second-order valence-electron chi connectivity index (χ2n) is 10.0. The van der Waals surface area contributed by atoms with E-state index in [1.54, 1.807) is 36.4 Å². The Labute approximate surface area is 260 Å². The maximum atomic E-state index is 14.2. The van der Waals surface area contributed by atoms with Crippen molar-refractivity contribution in [2.24, 2.45) is 0 Å². The number of anilines is 1. The van der Waals surface area contributed by atoms with Crippen LogP contribution < -0.4 is 9.46 Å². The van der Waals surface area contributed by atoms with Crippen molar-refractivity contribution in [1.82, 2.24) is 4.90 Å². The van der Waals surface area contributed by atoms with Crippen LogP contribution in [0, 0.1) is 5.82 Å². The number of hydrogen-bond donors (Lipinski definition) is 1. The Balaban J connectivity index is 1.45. The Morgan fingerprint density at radius 3 is 2.22 bits per heavy atom. The molecular formula is C34H29FN2O7S. The number of sulfonamides is 1. The number of nitrogens with zero attached hydrogens (tertiary/aromatic N) is 1. The van der Waals surface area contributed by atoms with Crippen LogP contribution in [-0.4, -0.2) is 51.4 Å². The molecule has 5 rings (SSSR count). The number of rotatable bonds is 11. The lowest BCUT2D eigenvalue weighted by molar-refractivity contribution is 0.0583. The van der Waals surface area contributed by atoms with Gasteiger partial charge in [-0.05, 0) is 59.5 Å². The molecule has 1 aliphatic heterocycles. The van der Waals surface area contributed by atoms with Gasteiger partial charge in [0.25, 0.3) is 21.8 Å². The first kappa shape index (κ1) is 31.1. The molecule has 0 fully saturated rings. The Morgan fingerprint density at radius 1 is 0.911 bits per heavy atom. The second-order valence-corrected chi connectivity index (χ2v) is 11.7. The molecule has 230 valence electrons. The predicted molar refractivity (Wildman–Crippen MR) is 167 cm³/mol. The molecule has 2 amide bonds. The Bertz CT molecular complexity index is 1890. The fourth-order valence-corrected chi connectivity index (χ4v) is 6.24. The fraction of sp³-hybridized carbons (Fsp3) is 0.147. The summed E-state index contributed by atoms with van der Waals surface area (Å²) in [7, 11) is -3.23. The minimum Gasteiger partial charge on any atom is -0.490 e. The van der Waals surface area contributed by atoms with Crippen molar-refractivity contribution in [2.75, 3.05) is 25.0 Å². The average Bonchev–Trinajstić information content (AvgIpc) is 3.28. The van der Waals surface area contributed by atoms with Crippen molar-refractivity contribution < 1.29 is 36.7 Å². The van der Waals surface area contributed by atoms with E-state index in [0.717, 1.165) is 35.8 Å². The average molecular weight is 629 g/mol. The number of carbonyl (C=O) groups excluding carboxylic acids is 3. The van der Waals surface area contributed by atoms with Gasteiger partial charge in [0.05, 0.1) is 35.4 Å². The number of benzene rings is 4. The highest BCUT2D eigenvalue weighted by molar-refractivity contribution is 7.92. The van der Waals surface area contributed by atoms with Crippen LogP contribution in [0.2, 0.25) is 0 Å². The Morgan fingerprint density at radius 2 is 1.58 bits per heavy atom. The van der Waals surface area contributed by atoms with Crippen LogP contribution in [0.1, 0.15) is 54.7 Å². The largest absolute Gasteiger partial charge is 0.490 e. The highest BCUT2D eigenvalue weighted by Gasteiger charge is 2.35. The number of fused-ring (bicyclic) bond motifs is 1. The van der Waals surface area contributed by atoms with Crippen molar-refractivity contribution in [2.45, 2.75) is 18.2 Å². The molecule has 11 heteroatoms. The molecule has 1 aliphatic rings. The van der Waals surface area contributed by atoms with E-state index >= 15 is 0 Å². The quantitative estimate of drug-likeness (QED) is 0.126. The number of aryl methyl sites for hydroxylation is 1. The monoisotopic (exact) mass is 628 g/mol. The summed E-state index contributed by atoms with van der Waals surface area (Å²) in [5, 5.41) is 0. The molecule has 1 heterocycles. The molecule has 0 radical (unpaired) electrons. The van der Waals surface area contributed by atoms with Crippen LogP contribution in [0.4, 0.5) is 10.1 Å². The molecule has 4 aromatic rings. The molecule has 0 aliphatic carbocycles. The SMILES string of the molecule is CCc1ccc(NS(=O)(=O)c2ccc(F)cc2C=Cc2ccccc2)c(C(=O)OC)c1OCCN1C(=O)c2ccccc2C1=O. The van der Waals surface area contributed by atoms with E-state index in [1.807, 2.05) is 37.3 Å².